The van der Waals surface area contributed by atoms with Gasteiger partial charge >= 0.3 is 0 Å². The number of halogens is 3. The summed E-state index contributed by atoms with van der Waals surface area (Å²) < 4.78 is 24.7. The van der Waals surface area contributed by atoms with Gasteiger partial charge in [0.1, 0.15) is 12.4 Å². The van der Waals surface area contributed by atoms with E-state index in [1.54, 1.807) is 24.3 Å². The Morgan fingerprint density at radius 3 is 2.17 bits per heavy atom. The number of ether oxygens (including phenoxy) is 2. The molecule has 0 bridgehead atoms. The first-order valence-corrected chi connectivity index (χ1v) is 10.1. The van der Waals surface area contributed by atoms with E-state index in [1.807, 2.05) is 31.2 Å². The van der Waals surface area contributed by atoms with Gasteiger partial charge in [0.15, 0.2) is 11.5 Å². The molecule has 0 aromatic heterocycles. The van der Waals surface area contributed by atoms with Crippen LogP contribution in [0.2, 0.25) is 10.0 Å². The maximum Gasteiger partial charge on any atom is 0.161 e. The molecule has 0 fully saturated rings. The molecule has 0 atom stereocenters. The highest BCUT2D eigenvalue weighted by molar-refractivity contribution is 6.42. The molecule has 0 aliphatic carbocycles. The summed E-state index contributed by atoms with van der Waals surface area (Å²) in [4.78, 5) is 0. The predicted molar refractivity (Wildman–Crippen MR) is 115 cm³/mol. The lowest BCUT2D eigenvalue weighted by molar-refractivity contribution is 0.269. The van der Waals surface area contributed by atoms with E-state index in [9.17, 15) is 4.39 Å². The standard InChI is InChI=1S/C23H22Cl2FNO2/c1-2-28-23-12-17(14-27-13-16-3-7-19(26)8-4-16)6-10-22(23)29-15-18-5-9-20(24)21(25)11-18/h3-12,27H,2,13-15H2,1H3. The van der Waals surface area contributed by atoms with Gasteiger partial charge in [0.25, 0.3) is 0 Å². The van der Waals surface area contributed by atoms with Crippen molar-refractivity contribution < 1.29 is 13.9 Å². The molecule has 0 unspecified atom stereocenters. The van der Waals surface area contributed by atoms with Crippen LogP contribution in [0.3, 0.4) is 0 Å². The highest BCUT2D eigenvalue weighted by Crippen LogP contribution is 2.30. The Kier molecular flexibility index (Phi) is 7.76. The fraction of sp³-hybridized carbons (Fsp3) is 0.217. The van der Waals surface area contributed by atoms with Crippen LogP contribution in [0.5, 0.6) is 11.5 Å². The third-order valence-corrected chi connectivity index (χ3v) is 5.00. The van der Waals surface area contributed by atoms with Gasteiger partial charge in [-0.05, 0) is 60.0 Å². The van der Waals surface area contributed by atoms with Gasteiger partial charge in [-0.25, -0.2) is 4.39 Å². The minimum Gasteiger partial charge on any atom is -0.490 e. The maximum atomic E-state index is 13.0. The zero-order valence-electron chi connectivity index (χ0n) is 16.1. The first kappa shape index (κ1) is 21.4. The second-order valence-electron chi connectivity index (χ2n) is 6.48. The third-order valence-electron chi connectivity index (χ3n) is 4.26. The van der Waals surface area contributed by atoms with E-state index in [4.69, 9.17) is 32.7 Å². The highest BCUT2D eigenvalue weighted by Gasteiger charge is 2.08. The Bertz CT molecular complexity index is 948. The van der Waals surface area contributed by atoms with Crippen LogP contribution < -0.4 is 14.8 Å². The largest absolute Gasteiger partial charge is 0.490 e. The highest BCUT2D eigenvalue weighted by atomic mass is 35.5. The summed E-state index contributed by atoms with van der Waals surface area (Å²) in [5.41, 5.74) is 3.02. The van der Waals surface area contributed by atoms with Gasteiger partial charge < -0.3 is 14.8 Å². The van der Waals surface area contributed by atoms with Crippen molar-refractivity contribution in [3.63, 3.8) is 0 Å². The van der Waals surface area contributed by atoms with Crippen LogP contribution in [0.1, 0.15) is 23.6 Å². The summed E-state index contributed by atoms with van der Waals surface area (Å²) in [7, 11) is 0. The molecular formula is C23H22Cl2FNO2. The number of hydrogen-bond acceptors (Lipinski definition) is 3. The Balaban J connectivity index is 1.61. The molecule has 0 radical (unpaired) electrons. The van der Waals surface area contributed by atoms with Crippen LogP contribution in [0.4, 0.5) is 4.39 Å². The molecule has 0 amide bonds. The van der Waals surface area contributed by atoms with Crippen molar-refractivity contribution in [2.45, 2.75) is 26.6 Å². The van der Waals surface area contributed by atoms with Crippen molar-refractivity contribution in [1.82, 2.24) is 5.32 Å². The van der Waals surface area contributed by atoms with Crippen molar-refractivity contribution in [1.29, 1.82) is 0 Å². The molecule has 0 aliphatic rings. The van der Waals surface area contributed by atoms with E-state index in [0.29, 0.717) is 47.8 Å². The molecule has 0 aliphatic heterocycles. The topological polar surface area (TPSA) is 30.5 Å². The van der Waals surface area contributed by atoms with E-state index >= 15 is 0 Å². The van der Waals surface area contributed by atoms with E-state index < -0.39 is 0 Å². The van der Waals surface area contributed by atoms with Gasteiger partial charge in [-0.3, -0.25) is 0 Å². The van der Waals surface area contributed by atoms with Crippen LogP contribution in [-0.4, -0.2) is 6.61 Å². The van der Waals surface area contributed by atoms with Crippen molar-refractivity contribution in [3.05, 3.63) is 93.2 Å². The van der Waals surface area contributed by atoms with Crippen LogP contribution in [-0.2, 0) is 19.7 Å². The Morgan fingerprint density at radius 2 is 1.45 bits per heavy atom. The molecule has 0 saturated heterocycles. The third kappa shape index (κ3) is 6.36. The molecule has 29 heavy (non-hydrogen) atoms. The lowest BCUT2D eigenvalue weighted by atomic mass is 10.1. The van der Waals surface area contributed by atoms with Gasteiger partial charge in [0, 0.05) is 13.1 Å². The minimum atomic E-state index is -0.230. The number of nitrogens with one attached hydrogen (secondary N) is 1. The number of hydrogen-bond donors (Lipinski definition) is 1. The molecule has 6 heteroatoms. The van der Waals surface area contributed by atoms with E-state index in [1.165, 1.54) is 12.1 Å². The van der Waals surface area contributed by atoms with Crippen molar-refractivity contribution in [3.8, 4) is 11.5 Å². The molecule has 3 rings (SSSR count). The molecule has 3 aromatic carbocycles. The fourth-order valence-corrected chi connectivity index (χ4v) is 3.11. The van der Waals surface area contributed by atoms with E-state index in [-0.39, 0.29) is 5.82 Å². The van der Waals surface area contributed by atoms with Gasteiger partial charge in [0.05, 0.1) is 16.7 Å². The predicted octanol–water partition coefficient (Wildman–Crippen LogP) is 6.40. The SMILES string of the molecule is CCOc1cc(CNCc2ccc(F)cc2)ccc1OCc1ccc(Cl)c(Cl)c1. The molecular weight excluding hydrogens is 412 g/mol. The maximum absolute atomic E-state index is 13.0. The zero-order chi connectivity index (χ0) is 20.6. The summed E-state index contributed by atoms with van der Waals surface area (Å²) in [5.74, 6) is 1.13. The quantitative estimate of drug-likeness (QED) is 0.423. The van der Waals surface area contributed by atoms with Crippen LogP contribution in [0.25, 0.3) is 0 Å². The van der Waals surface area contributed by atoms with Crippen LogP contribution in [0.15, 0.2) is 60.7 Å². The normalized spacial score (nSPS) is 10.8. The second kappa shape index (κ2) is 10.5. The lowest BCUT2D eigenvalue weighted by Gasteiger charge is -2.14. The molecule has 0 spiro atoms. The molecule has 152 valence electrons. The fourth-order valence-electron chi connectivity index (χ4n) is 2.79. The Labute approximate surface area is 180 Å². The van der Waals surface area contributed by atoms with Crippen LogP contribution >= 0.6 is 23.2 Å². The summed E-state index contributed by atoms with van der Waals surface area (Å²) >= 11 is 12.0. The van der Waals surface area contributed by atoms with Crippen molar-refractivity contribution >= 4 is 23.2 Å². The minimum absolute atomic E-state index is 0.230. The summed E-state index contributed by atoms with van der Waals surface area (Å²) in [6.45, 7) is 4.14. The summed E-state index contributed by atoms with van der Waals surface area (Å²) in [6.07, 6.45) is 0. The summed E-state index contributed by atoms with van der Waals surface area (Å²) in [6, 6.07) is 17.7. The smallest absolute Gasteiger partial charge is 0.161 e. The average Bonchev–Trinajstić information content (AvgIpc) is 2.71. The van der Waals surface area contributed by atoms with E-state index in [0.717, 1.165) is 16.7 Å². The van der Waals surface area contributed by atoms with Gasteiger partial charge in [-0.2, -0.15) is 0 Å². The first-order chi connectivity index (χ1) is 14.0. The zero-order valence-corrected chi connectivity index (χ0v) is 17.6. The molecule has 3 nitrogen and oxygen atoms in total. The Hall–Kier alpha value is -2.27. The van der Waals surface area contributed by atoms with E-state index in [2.05, 4.69) is 5.32 Å². The van der Waals surface area contributed by atoms with Gasteiger partial charge in [-0.1, -0.05) is 47.5 Å². The summed E-state index contributed by atoms with van der Waals surface area (Å²) in [5, 5.41) is 4.37. The van der Waals surface area contributed by atoms with Crippen LogP contribution in [0, 0.1) is 5.82 Å². The molecule has 0 saturated carbocycles. The van der Waals surface area contributed by atoms with Gasteiger partial charge in [-0.15, -0.1) is 0 Å². The number of rotatable bonds is 9. The monoisotopic (exact) mass is 433 g/mol. The molecule has 1 N–H and O–H groups in total. The van der Waals surface area contributed by atoms with Gasteiger partial charge in [0.2, 0.25) is 0 Å². The molecule has 3 aromatic rings. The van der Waals surface area contributed by atoms with Crippen molar-refractivity contribution in [2.75, 3.05) is 6.61 Å². The average molecular weight is 434 g/mol. The number of benzene rings is 3. The van der Waals surface area contributed by atoms with Crippen molar-refractivity contribution in [2.24, 2.45) is 0 Å². The first-order valence-electron chi connectivity index (χ1n) is 9.32. The molecule has 0 heterocycles. The lowest BCUT2D eigenvalue weighted by Crippen LogP contribution is -2.13. The Morgan fingerprint density at radius 1 is 0.759 bits per heavy atom. The second-order valence-corrected chi connectivity index (χ2v) is 7.30.